The van der Waals surface area contributed by atoms with Crippen molar-refractivity contribution in [2.75, 3.05) is 29.6 Å². The third-order valence-corrected chi connectivity index (χ3v) is 7.99. The van der Waals surface area contributed by atoms with Crippen molar-refractivity contribution in [3.63, 3.8) is 0 Å². The fourth-order valence-electron chi connectivity index (χ4n) is 5.55. The van der Waals surface area contributed by atoms with Crippen molar-refractivity contribution in [3.05, 3.63) is 90.2 Å². The molecule has 0 bridgehead atoms. The molecule has 4 N–H and O–H groups in total. The van der Waals surface area contributed by atoms with Crippen LogP contribution in [0.5, 0.6) is 0 Å². The Morgan fingerprint density at radius 2 is 1.53 bits per heavy atom. The van der Waals surface area contributed by atoms with Gasteiger partial charge in [-0.2, -0.15) is 0 Å². The predicted molar refractivity (Wildman–Crippen MR) is 201 cm³/mol. The van der Waals surface area contributed by atoms with Crippen LogP contribution in [-0.4, -0.2) is 31.8 Å². The summed E-state index contributed by atoms with van der Waals surface area (Å²) in [6, 6.07) is 23.4. The average molecular weight is 635 g/mol. The largest absolute Gasteiger partial charge is 0.513 e. The molecule has 1 amide bonds. The summed E-state index contributed by atoms with van der Waals surface area (Å²) in [7, 11) is 3.86. The molecule has 1 aliphatic carbocycles. The van der Waals surface area contributed by atoms with Crippen molar-refractivity contribution < 1.29 is 9.90 Å². The number of rotatable bonds is 6. The van der Waals surface area contributed by atoms with Gasteiger partial charge in [0.1, 0.15) is 0 Å². The van der Waals surface area contributed by atoms with Crippen LogP contribution in [0.25, 0.3) is 11.1 Å². The molecule has 0 radical (unpaired) electrons. The Hall–Kier alpha value is -3.42. The first-order valence-electron chi connectivity index (χ1n) is 16.4. The molecule has 5 rings (SSSR count). The van der Waals surface area contributed by atoms with Crippen molar-refractivity contribution >= 4 is 36.3 Å². The molecule has 1 fully saturated rings. The number of nitrogens with zero attached hydrogens (tertiary/aromatic N) is 1. The fourth-order valence-corrected chi connectivity index (χ4v) is 5.55. The van der Waals surface area contributed by atoms with Crippen LogP contribution in [0.3, 0.4) is 0 Å². The first-order chi connectivity index (χ1) is 21.7. The lowest BCUT2D eigenvalue weighted by molar-refractivity contribution is -0.105. The van der Waals surface area contributed by atoms with E-state index in [-0.39, 0.29) is 5.92 Å². The number of fused-ring (bicyclic) bond motifs is 1. The lowest BCUT2D eigenvalue weighted by Gasteiger charge is -2.31. The highest BCUT2D eigenvalue weighted by Crippen LogP contribution is 2.41. The maximum absolute atomic E-state index is 10.1. The van der Waals surface area contributed by atoms with E-state index in [9.17, 15) is 9.90 Å². The van der Waals surface area contributed by atoms with Gasteiger partial charge in [0.05, 0.1) is 23.3 Å². The van der Waals surface area contributed by atoms with Crippen molar-refractivity contribution in [3.8, 4) is 11.1 Å². The monoisotopic (exact) mass is 634 g/mol. The van der Waals surface area contributed by atoms with Crippen LogP contribution in [0.2, 0.25) is 0 Å². The third kappa shape index (κ3) is 11.8. The molecule has 248 valence electrons. The molecule has 6 nitrogen and oxygen atoms in total. The molecule has 2 aliphatic rings. The van der Waals surface area contributed by atoms with E-state index in [1.165, 1.54) is 46.5 Å². The molecule has 3 aromatic carbocycles. The van der Waals surface area contributed by atoms with E-state index < -0.39 is 0 Å². The van der Waals surface area contributed by atoms with Gasteiger partial charge in [0.25, 0.3) is 0 Å². The number of thiol groups is 1. The zero-order valence-corrected chi connectivity index (χ0v) is 29.9. The second kappa shape index (κ2) is 21.3. The maximum atomic E-state index is 10.1. The minimum Gasteiger partial charge on any atom is -0.513 e. The number of hydrogen-bond acceptors (Lipinski definition) is 6. The Labute approximate surface area is 279 Å². The van der Waals surface area contributed by atoms with Gasteiger partial charge < -0.3 is 20.6 Å². The summed E-state index contributed by atoms with van der Waals surface area (Å²) >= 11 is 3.54. The summed E-state index contributed by atoms with van der Waals surface area (Å²) in [6.07, 6.45) is 5.62. The van der Waals surface area contributed by atoms with E-state index in [1.54, 1.807) is 7.05 Å². The molecule has 2 unspecified atom stereocenters. The molecule has 0 saturated heterocycles. The fraction of sp³-hybridized carbons (Fsp3) is 0.447. The van der Waals surface area contributed by atoms with Gasteiger partial charge in [-0.25, -0.2) is 0 Å². The van der Waals surface area contributed by atoms with Gasteiger partial charge in [0.15, 0.2) is 0 Å². The molecular weight excluding hydrogens is 577 g/mol. The van der Waals surface area contributed by atoms with Crippen LogP contribution in [0, 0.1) is 5.92 Å². The number of allylic oxidation sites excluding steroid dienone is 1. The van der Waals surface area contributed by atoms with Crippen molar-refractivity contribution in [1.29, 1.82) is 0 Å². The lowest BCUT2D eigenvalue weighted by atomic mass is 9.74. The number of anilines is 3. The van der Waals surface area contributed by atoms with Gasteiger partial charge >= 0.3 is 0 Å². The van der Waals surface area contributed by atoms with E-state index in [0.29, 0.717) is 30.2 Å². The molecule has 1 saturated carbocycles. The van der Waals surface area contributed by atoms with Gasteiger partial charge in [-0.15, -0.1) is 0 Å². The molecule has 7 heteroatoms. The minimum absolute atomic E-state index is 0.204. The van der Waals surface area contributed by atoms with E-state index in [2.05, 4.69) is 110 Å². The summed E-state index contributed by atoms with van der Waals surface area (Å²) < 4.78 is 2.44. The van der Waals surface area contributed by atoms with Crippen molar-refractivity contribution in [2.45, 2.75) is 92.2 Å². The third-order valence-electron chi connectivity index (χ3n) is 7.99. The summed E-state index contributed by atoms with van der Waals surface area (Å²) in [4.78, 5) is 12.3. The SMILES string of the molecule is C=C(O)[C@H]1CCCCC1c1ccc(-c2ccc3c(c2)NC(C)N3C)cc1.CC.CC.CC(C)c1ccc(NC=O)cc1.CNS. The Balaban J connectivity index is 0.000000446. The molecule has 1 aliphatic heterocycles. The number of aliphatic hydroxyl groups is 1. The Kier molecular flexibility index (Phi) is 18.8. The molecule has 1 heterocycles. The molecule has 45 heavy (non-hydrogen) atoms. The zero-order chi connectivity index (χ0) is 33.9. The molecule has 0 spiro atoms. The molecule has 3 atom stereocenters. The first-order valence-corrected chi connectivity index (χ1v) is 16.9. The number of amides is 1. The number of hydrogen-bond donors (Lipinski definition) is 5. The van der Waals surface area contributed by atoms with E-state index in [0.717, 1.165) is 18.5 Å². The standard InChI is InChI=1S/C23H28N2O.C10H13NO.2C2H6.CH5NS/c1-15(26)20-6-4-5-7-21(20)18-10-8-17(9-11-18)19-12-13-23-22(14-19)24-16(2)25(23)3;1-8(2)9-3-5-10(6-4-9)11-7-12;2*1-2;1-2-3/h8-14,16,20-21,24,26H,1,4-7H2,2-3H3;3-8H,1-2H3,(H,11,12);2*1-2H3;2-3H,1H3/t16?,20-,21?;;;;/m1..../s1. The lowest BCUT2D eigenvalue weighted by Crippen LogP contribution is -2.28. The van der Waals surface area contributed by atoms with Crippen LogP contribution in [0.4, 0.5) is 17.1 Å². The van der Waals surface area contributed by atoms with E-state index in [4.69, 9.17) is 0 Å². The molecular formula is C38H58N4O2S. The van der Waals surface area contributed by atoms with Gasteiger partial charge in [0.2, 0.25) is 6.41 Å². The van der Waals surface area contributed by atoms with Gasteiger partial charge in [-0.05, 0) is 85.2 Å². The minimum atomic E-state index is 0.204. The van der Waals surface area contributed by atoms with Crippen LogP contribution in [0.15, 0.2) is 79.1 Å². The topological polar surface area (TPSA) is 76.6 Å². The van der Waals surface area contributed by atoms with Crippen LogP contribution in [0.1, 0.15) is 97.1 Å². The predicted octanol–water partition coefficient (Wildman–Crippen LogP) is 10.4. The highest BCUT2D eigenvalue weighted by Gasteiger charge is 2.28. The number of benzene rings is 3. The van der Waals surface area contributed by atoms with Crippen molar-refractivity contribution in [1.82, 2.24) is 4.72 Å². The first kappa shape index (κ1) is 39.6. The summed E-state index contributed by atoms with van der Waals surface area (Å²) in [5.74, 6) is 1.49. The zero-order valence-electron chi connectivity index (χ0n) is 29.0. The summed E-state index contributed by atoms with van der Waals surface area (Å²) in [5, 5.41) is 16.1. The number of carbonyl (C=O) groups is 1. The van der Waals surface area contributed by atoms with Gasteiger partial charge in [-0.3, -0.25) is 9.52 Å². The van der Waals surface area contributed by atoms with E-state index in [1.807, 2.05) is 52.0 Å². The number of aliphatic hydroxyl groups excluding tert-OH is 1. The quantitative estimate of drug-likeness (QED) is 0.106. The van der Waals surface area contributed by atoms with Crippen molar-refractivity contribution in [2.24, 2.45) is 5.92 Å². The Morgan fingerprint density at radius 3 is 2.07 bits per heavy atom. The Morgan fingerprint density at radius 1 is 0.978 bits per heavy atom. The second-order valence-corrected chi connectivity index (χ2v) is 11.5. The average Bonchev–Trinajstić information content (AvgIpc) is 3.36. The van der Waals surface area contributed by atoms with Crippen LogP contribution < -0.4 is 20.3 Å². The van der Waals surface area contributed by atoms with Crippen LogP contribution >= 0.6 is 12.8 Å². The maximum Gasteiger partial charge on any atom is 0.211 e. The van der Waals surface area contributed by atoms with Gasteiger partial charge in [0, 0.05) is 18.7 Å². The number of nitrogens with one attached hydrogen (secondary N) is 3. The summed E-state index contributed by atoms with van der Waals surface area (Å²) in [5.41, 5.74) is 8.37. The Bertz CT molecular complexity index is 1260. The normalized spacial score (nSPS) is 17.7. The molecule has 0 aromatic heterocycles. The summed E-state index contributed by atoms with van der Waals surface area (Å²) in [6.45, 7) is 18.3. The van der Waals surface area contributed by atoms with Crippen LogP contribution in [-0.2, 0) is 4.79 Å². The number of carbonyl (C=O) groups excluding carboxylic acids is 1. The second-order valence-electron chi connectivity index (χ2n) is 11.0. The smallest absolute Gasteiger partial charge is 0.211 e. The van der Waals surface area contributed by atoms with E-state index >= 15 is 0 Å². The highest BCUT2D eigenvalue weighted by molar-refractivity contribution is 7.78. The van der Waals surface area contributed by atoms with Gasteiger partial charge in [-0.1, -0.05) is 116 Å². The highest BCUT2D eigenvalue weighted by atomic mass is 32.1. The molecule has 3 aromatic rings.